The van der Waals surface area contributed by atoms with E-state index >= 15 is 0 Å². The average molecular weight is 478 g/mol. The van der Waals surface area contributed by atoms with Gasteiger partial charge in [-0.15, -0.1) is 11.3 Å². The Morgan fingerprint density at radius 3 is 2.66 bits per heavy atom. The number of nitrogens with zero attached hydrogens (tertiary/aromatic N) is 2. The predicted octanol–water partition coefficient (Wildman–Crippen LogP) is 2.84. The normalized spacial score (nSPS) is 25.1. The summed E-state index contributed by atoms with van der Waals surface area (Å²) in [6.45, 7) is 2.30. The highest BCUT2D eigenvalue weighted by molar-refractivity contribution is 7.89. The van der Waals surface area contributed by atoms with Gasteiger partial charge in [-0.3, -0.25) is 4.79 Å². The van der Waals surface area contributed by atoms with Crippen molar-refractivity contribution in [3.8, 4) is 0 Å². The molecule has 0 radical (unpaired) electrons. The summed E-state index contributed by atoms with van der Waals surface area (Å²) in [7, 11) is -3.57. The molecular weight excluding hydrogens is 450 g/mol. The minimum Gasteiger partial charge on any atom is -0.381 e. The summed E-state index contributed by atoms with van der Waals surface area (Å²) in [5.41, 5.74) is 0.816. The van der Waals surface area contributed by atoms with E-state index in [9.17, 15) is 13.2 Å². The largest absolute Gasteiger partial charge is 0.381 e. The Morgan fingerprint density at radius 1 is 1.25 bits per heavy atom. The van der Waals surface area contributed by atoms with Gasteiger partial charge in [-0.25, -0.2) is 13.4 Å². The van der Waals surface area contributed by atoms with E-state index in [4.69, 9.17) is 9.47 Å². The Hall–Kier alpha value is -1.85. The fourth-order valence-electron chi connectivity index (χ4n) is 4.85. The number of hydrogen-bond acceptors (Lipinski definition) is 7. The number of nitrogens with one attached hydrogen (secondary N) is 1. The van der Waals surface area contributed by atoms with Crippen LogP contribution in [0.1, 0.15) is 37.2 Å². The fourth-order valence-corrected chi connectivity index (χ4v) is 7.04. The van der Waals surface area contributed by atoms with Crippen LogP contribution in [0, 0.1) is 5.92 Å². The molecule has 5 rings (SSSR count). The average Bonchev–Trinajstić information content (AvgIpc) is 3.57. The second-order valence-corrected chi connectivity index (χ2v) is 11.4. The zero-order chi connectivity index (χ0) is 22.1. The Balaban J connectivity index is 1.36. The van der Waals surface area contributed by atoms with Gasteiger partial charge in [-0.1, -0.05) is 12.1 Å². The minimum absolute atomic E-state index is 0.00691. The quantitative estimate of drug-likeness (QED) is 0.659. The first-order valence-electron chi connectivity index (χ1n) is 11.0. The molecule has 172 valence electrons. The molecule has 0 saturated carbocycles. The zero-order valence-corrected chi connectivity index (χ0v) is 19.3. The Bertz CT molecular complexity index is 1040. The minimum atomic E-state index is -3.57. The van der Waals surface area contributed by atoms with Crippen molar-refractivity contribution in [2.45, 2.75) is 48.6 Å². The number of rotatable bonds is 7. The lowest BCUT2D eigenvalue weighted by molar-refractivity contribution is -0.118. The first kappa shape index (κ1) is 22.0. The van der Waals surface area contributed by atoms with E-state index in [0.717, 1.165) is 24.8 Å². The number of fused-ring (bicyclic) bond motifs is 2. The Labute approximate surface area is 192 Å². The standard InChI is InChI=1S/C22H27N3O5S2/c26-21(24-22-23-7-10-31-22)20(11-15-5-8-29-9-6-15)16-1-3-19(4-2-16)32(27,28)25-13-18-12-17(25)14-30-18/h1-4,7,10,15,17-18,20H,5-6,8-9,11-14H2,(H,23,24,26)/t17-,18-,20?/m1/s1. The topological polar surface area (TPSA) is 97.8 Å². The van der Waals surface area contributed by atoms with Gasteiger partial charge in [0.1, 0.15) is 0 Å². The molecule has 1 amide bonds. The maximum absolute atomic E-state index is 13.1. The van der Waals surface area contributed by atoms with Gasteiger partial charge in [-0.05, 0) is 49.3 Å². The molecule has 32 heavy (non-hydrogen) atoms. The molecule has 3 fully saturated rings. The smallest absolute Gasteiger partial charge is 0.243 e. The van der Waals surface area contributed by atoms with Gasteiger partial charge in [0.05, 0.1) is 29.6 Å². The molecule has 3 aliphatic heterocycles. The number of benzene rings is 1. The number of morpholine rings is 1. The number of carbonyl (C=O) groups is 1. The summed E-state index contributed by atoms with van der Waals surface area (Å²) in [6, 6.07) is 6.75. The molecule has 3 saturated heterocycles. The lowest BCUT2D eigenvalue weighted by Gasteiger charge is -2.27. The van der Waals surface area contributed by atoms with Crippen molar-refractivity contribution in [3.05, 3.63) is 41.4 Å². The third kappa shape index (κ3) is 4.47. The molecule has 0 aliphatic carbocycles. The van der Waals surface area contributed by atoms with Gasteiger partial charge in [0.15, 0.2) is 5.13 Å². The third-order valence-electron chi connectivity index (χ3n) is 6.63. The number of amides is 1. The van der Waals surface area contributed by atoms with E-state index in [1.165, 1.54) is 11.3 Å². The van der Waals surface area contributed by atoms with Gasteiger partial charge in [-0.2, -0.15) is 4.31 Å². The van der Waals surface area contributed by atoms with E-state index in [2.05, 4.69) is 10.3 Å². The number of thiazole rings is 1. The van der Waals surface area contributed by atoms with Crippen LogP contribution in [0.4, 0.5) is 5.13 Å². The molecule has 1 N–H and O–H groups in total. The summed E-state index contributed by atoms with van der Waals surface area (Å²) in [5.74, 6) is -0.106. The molecule has 2 bridgehead atoms. The van der Waals surface area contributed by atoms with Crippen molar-refractivity contribution in [2.75, 3.05) is 31.7 Å². The van der Waals surface area contributed by atoms with Gasteiger partial charge in [0, 0.05) is 31.3 Å². The third-order valence-corrected chi connectivity index (χ3v) is 9.25. The van der Waals surface area contributed by atoms with E-state index in [0.29, 0.717) is 43.8 Å². The SMILES string of the molecule is O=C(Nc1nccs1)C(CC1CCOCC1)c1ccc(S(=O)(=O)N2C[C@H]3C[C@@H]2CO3)cc1. The number of sulfonamides is 1. The molecule has 0 spiro atoms. The monoisotopic (exact) mass is 477 g/mol. The zero-order valence-electron chi connectivity index (χ0n) is 17.7. The first-order chi connectivity index (χ1) is 15.5. The molecule has 1 aromatic carbocycles. The number of ether oxygens (including phenoxy) is 2. The highest BCUT2D eigenvalue weighted by atomic mass is 32.2. The molecular formula is C22H27N3O5S2. The number of anilines is 1. The number of aromatic nitrogens is 1. The van der Waals surface area contributed by atoms with Crippen LogP contribution < -0.4 is 5.32 Å². The van der Waals surface area contributed by atoms with Crippen LogP contribution in [0.15, 0.2) is 40.7 Å². The van der Waals surface area contributed by atoms with Crippen molar-refractivity contribution in [1.29, 1.82) is 0 Å². The number of hydrogen-bond donors (Lipinski definition) is 1. The van der Waals surface area contributed by atoms with Crippen LogP contribution in [0.25, 0.3) is 0 Å². The molecule has 1 unspecified atom stereocenters. The van der Waals surface area contributed by atoms with Crippen molar-refractivity contribution in [1.82, 2.24) is 9.29 Å². The van der Waals surface area contributed by atoms with Crippen LogP contribution >= 0.6 is 11.3 Å². The van der Waals surface area contributed by atoms with E-state index in [1.54, 1.807) is 34.8 Å². The summed E-state index contributed by atoms with van der Waals surface area (Å²) < 4.78 is 38.8. The van der Waals surface area contributed by atoms with Gasteiger partial charge in [0.2, 0.25) is 15.9 Å². The van der Waals surface area contributed by atoms with E-state index < -0.39 is 10.0 Å². The number of carbonyl (C=O) groups excluding carboxylic acids is 1. The lowest BCUT2D eigenvalue weighted by Crippen LogP contribution is -2.41. The van der Waals surface area contributed by atoms with Crippen LogP contribution in [0.3, 0.4) is 0 Å². The van der Waals surface area contributed by atoms with Gasteiger partial charge >= 0.3 is 0 Å². The molecule has 2 aromatic rings. The second kappa shape index (κ2) is 9.18. The van der Waals surface area contributed by atoms with Crippen molar-refractivity contribution in [3.63, 3.8) is 0 Å². The summed E-state index contributed by atoms with van der Waals surface area (Å²) in [6.07, 6.45) is 4.97. The second-order valence-electron chi connectivity index (χ2n) is 8.66. The fraction of sp³-hybridized carbons (Fsp3) is 0.545. The highest BCUT2D eigenvalue weighted by Crippen LogP contribution is 2.35. The Morgan fingerprint density at radius 2 is 2.03 bits per heavy atom. The van der Waals surface area contributed by atoms with E-state index in [-0.39, 0.29) is 28.9 Å². The van der Waals surface area contributed by atoms with Crippen LogP contribution in [-0.4, -0.2) is 62.1 Å². The summed E-state index contributed by atoms with van der Waals surface area (Å²) in [4.78, 5) is 17.6. The molecule has 3 aliphatic rings. The van der Waals surface area contributed by atoms with Crippen LogP contribution in [-0.2, 0) is 24.3 Å². The maximum atomic E-state index is 13.1. The Kier molecular flexibility index (Phi) is 6.31. The molecule has 4 heterocycles. The molecule has 10 heteroatoms. The van der Waals surface area contributed by atoms with Crippen molar-refractivity contribution in [2.24, 2.45) is 5.92 Å². The lowest BCUT2D eigenvalue weighted by atomic mass is 9.84. The van der Waals surface area contributed by atoms with Gasteiger partial charge in [0.25, 0.3) is 0 Å². The van der Waals surface area contributed by atoms with Gasteiger partial charge < -0.3 is 14.8 Å². The first-order valence-corrected chi connectivity index (χ1v) is 13.3. The molecule has 3 atom stereocenters. The molecule has 1 aromatic heterocycles. The summed E-state index contributed by atoms with van der Waals surface area (Å²) in [5, 5.41) is 5.30. The van der Waals surface area contributed by atoms with Crippen molar-refractivity contribution >= 4 is 32.4 Å². The van der Waals surface area contributed by atoms with Crippen molar-refractivity contribution < 1.29 is 22.7 Å². The predicted molar refractivity (Wildman–Crippen MR) is 120 cm³/mol. The maximum Gasteiger partial charge on any atom is 0.243 e. The van der Waals surface area contributed by atoms with E-state index in [1.807, 2.05) is 5.38 Å². The summed E-state index contributed by atoms with van der Waals surface area (Å²) >= 11 is 1.38. The van der Waals surface area contributed by atoms with Crippen LogP contribution in [0.5, 0.6) is 0 Å². The molecule has 8 nitrogen and oxygen atoms in total. The highest BCUT2D eigenvalue weighted by Gasteiger charge is 2.45. The van der Waals surface area contributed by atoms with Crippen LogP contribution in [0.2, 0.25) is 0 Å².